The molecule has 3 aromatic rings. The van der Waals surface area contributed by atoms with E-state index in [2.05, 4.69) is 0 Å². The second-order valence-electron chi connectivity index (χ2n) is 8.00. The Morgan fingerprint density at radius 2 is 1.41 bits per heavy atom. The molecule has 2 N–H and O–H groups in total. The van der Waals surface area contributed by atoms with Crippen molar-refractivity contribution >= 4 is 11.9 Å². The monoisotopic (exact) mass is 433 g/mol. The number of aryl methyl sites for hydroxylation is 2. The Labute approximate surface area is 187 Å². The molecule has 0 saturated heterocycles. The molecule has 6 nitrogen and oxygen atoms in total. The fourth-order valence-corrected chi connectivity index (χ4v) is 4.00. The number of hydrogen-bond donors (Lipinski definition) is 2. The zero-order valence-corrected chi connectivity index (χ0v) is 18.4. The lowest BCUT2D eigenvalue weighted by Gasteiger charge is -2.39. The van der Waals surface area contributed by atoms with E-state index < -0.39 is 17.4 Å². The van der Waals surface area contributed by atoms with E-state index in [-0.39, 0.29) is 18.6 Å². The molecule has 0 aliphatic heterocycles. The lowest BCUT2D eigenvalue weighted by Crippen LogP contribution is -2.59. The van der Waals surface area contributed by atoms with Gasteiger partial charge in [-0.05, 0) is 49.2 Å². The summed E-state index contributed by atoms with van der Waals surface area (Å²) in [4.78, 5) is 31.9. The minimum absolute atomic E-state index is 0.0120. The van der Waals surface area contributed by atoms with Gasteiger partial charge >= 0.3 is 5.97 Å². The number of benzene rings is 3. The molecule has 0 radical (unpaired) electrons. The predicted octanol–water partition coefficient (Wildman–Crippen LogP) is 4.32. The number of rotatable bonds is 8. The van der Waals surface area contributed by atoms with Gasteiger partial charge in [0.05, 0.1) is 7.11 Å². The molecule has 0 aliphatic carbocycles. The van der Waals surface area contributed by atoms with Crippen molar-refractivity contribution in [3.05, 3.63) is 101 Å². The average Bonchev–Trinajstić information content (AvgIpc) is 2.75. The number of carboxylic acids is 1. The van der Waals surface area contributed by atoms with Crippen LogP contribution in [0.3, 0.4) is 0 Å². The van der Waals surface area contributed by atoms with Crippen LogP contribution in [0.15, 0.2) is 72.8 Å². The molecule has 0 unspecified atom stereocenters. The highest BCUT2D eigenvalue weighted by Crippen LogP contribution is 2.30. The molecule has 0 aromatic heterocycles. The molecule has 0 saturated carbocycles. The van der Waals surface area contributed by atoms with Crippen LogP contribution in [-0.4, -0.2) is 39.8 Å². The van der Waals surface area contributed by atoms with Gasteiger partial charge in [0.1, 0.15) is 5.75 Å². The van der Waals surface area contributed by atoms with Crippen LogP contribution in [0.25, 0.3) is 0 Å². The molecule has 0 heterocycles. The third-order valence-corrected chi connectivity index (χ3v) is 5.39. The number of carbonyl (C=O) groups excluding carboxylic acids is 1. The standard InChI is InChI=1S/C26H27NO5/c1-18-13-19(2)15-22(14-18)24(29)27(32-3)26(25(30)31,16-20-7-5-4-6-8-20)17-21-9-11-23(28)12-10-21/h4-15,28H,16-17H2,1-3H3,(H,30,31)/t26-/m1/s1. The summed E-state index contributed by atoms with van der Waals surface area (Å²) in [5.41, 5.74) is 1.83. The molecule has 3 aromatic carbocycles. The van der Waals surface area contributed by atoms with E-state index in [1.807, 2.05) is 50.2 Å². The number of phenols is 1. The number of aromatic hydroxyl groups is 1. The van der Waals surface area contributed by atoms with Crippen molar-refractivity contribution in [3.8, 4) is 5.75 Å². The van der Waals surface area contributed by atoms with Gasteiger partial charge in [-0.1, -0.05) is 59.7 Å². The fraction of sp³-hybridized carbons (Fsp3) is 0.231. The minimum atomic E-state index is -1.72. The third kappa shape index (κ3) is 4.98. The number of hydrogen-bond acceptors (Lipinski definition) is 4. The third-order valence-electron chi connectivity index (χ3n) is 5.39. The number of aliphatic carboxylic acids is 1. The van der Waals surface area contributed by atoms with E-state index in [1.54, 1.807) is 24.3 Å². The maximum atomic E-state index is 13.6. The van der Waals surface area contributed by atoms with Gasteiger partial charge in [0.25, 0.3) is 5.91 Å². The van der Waals surface area contributed by atoms with Crippen molar-refractivity contribution in [3.63, 3.8) is 0 Å². The van der Waals surface area contributed by atoms with Crippen LogP contribution in [0.4, 0.5) is 0 Å². The van der Waals surface area contributed by atoms with Crippen molar-refractivity contribution in [2.75, 3.05) is 7.11 Å². The van der Waals surface area contributed by atoms with Gasteiger partial charge < -0.3 is 10.2 Å². The number of carbonyl (C=O) groups is 2. The first-order valence-corrected chi connectivity index (χ1v) is 10.3. The van der Waals surface area contributed by atoms with E-state index in [0.717, 1.165) is 21.8 Å². The summed E-state index contributed by atoms with van der Waals surface area (Å²) >= 11 is 0. The largest absolute Gasteiger partial charge is 0.508 e. The van der Waals surface area contributed by atoms with Gasteiger partial charge in [-0.3, -0.25) is 9.63 Å². The Hall–Kier alpha value is -3.64. The second kappa shape index (κ2) is 9.66. The molecule has 0 spiro atoms. The number of phenolic OH excluding ortho intramolecular Hbond substituents is 1. The smallest absolute Gasteiger partial charge is 0.332 e. The normalized spacial score (nSPS) is 12.7. The number of hydroxylamine groups is 2. The topological polar surface area (TPSA) is 87.1 Å². The number of nitrogens with zero attached hydrogens (tertiary/aromatic N) is 1. The molecule has 0 fully saturated rings. The summed E-state index contributed by atoms with van der Waals surface area (Å²) in [7, 11) is 1.31. The maximum Gasteiger partial charge on any atom is 0.332 e. The van der Waals surface area contributed by atoms with Gasteiger partial charge in [0, 0.05) is 18.4 Å². The SMILES string of the molecule is CON(C(=O)c1cc(C)cc(C)c1)[C@](Cc1ccccc1)(Cc1ccc(O)cc1)C(=O)O. The van der Waals surface area contributed by atoms with Crippen molar-refractivity contribution in [2.45, 2.75) is 32.2 Å². The van der Waals surface area contributed by atoms with Crippen LogP contribution in [0.2, 0.25) is 0 Å². The van der Waals surface area contributed by atoms with Crippen LogP contribution in [0.1, 0.15) is 32.6 Å². The van der Waals surface area contributed by atoms with Crippen LogP contribution >= 0.6 is 0 Å². The van der Waals surface area contributed by atoms with Crippen LogP contribution < -0.4 is 0 Å². The van der Waals surface area contributed by atoms with Gasteiger partial charge in [0.2, 0.25) is 0 Å². The second-order valence-corrected chi connectivity index (χ2v) is 8.00. The predicted molar refractivity (Wildman–Crippen MR) is 121 cm³/mol. The Bertz CT molecular complexity index is 1070. The summed E-state index contributed by atoms with van der Waals surface area (Å²) < 4.78 is 0. The van der Waals surface area contributed by atoms with Crippen molar-refractivity contribution in [1.82, 2.24) is 5.06 Å². The lowest BCUT2D eigenvalue weighted by molar-refractivity contribution is -0.190. The van der Waals surface area contributed by atoms with Crippen molar-refractivity contribution < 1.29 is 24.6 Å². The first kappa shape index (κ1) is 23.0. The number of carboxylic acid groups (broad SMARTS) is 1. The van der Waals surface area contributed by atoms with Gasteiger partial charge in [-0.15, -0.1) is 0 Å². The van der Waals surface area contributed by atoms with Gasteiger partial charge in [-0.2, -0.15) is 5.06 Å². The summed E-state index contributed by atoms with van der Waals surface area (Å²) in [5, 5.41) is 21.1. The molecule has 166 valence electrons. The quantitative estimate of drug-likeness (QED) is 0.517. The molecule has 3 rings (SSSR count). The fourth-order valence-electron chi connectivity index (χ4n) is 4.00. The molecular formula is C26H27NO5. The molecule has 0 bridgehead atoms. The summed E-state index contributed by atoms with van der Waals surface area (Å²) in [6, 6.07) is 20.8. The minimum Gasteiger partial charge on any atom is -0.508 e. The molecule has 6 heteroatoms. The highest BCUT2D eigenvalue weighted by Gasteiger charge is 2.48. The first-order valence-electron chi connectivity index (χ1n) is 10.3. The van der Waals surface area contributed by atoms with E-state index >= 15 is 0 Å². The zero-order valence-electron chi connectivity index (χ0n) is 18.4. The molecule has 0 aliphatic rings. The highest BCUT2D eigenvalue weighted by atomic mass is 16.7. The molecule has 1 atom stereocenters. The number of amides is 1. The zero-order chi connectivity index (χ0) is 23.3. The van der Waals surface area contributed by atoms with Crippen molar-refractivity contribution in [1.29, 1.82) is 0 Å². The average molecular weight is 434 g/mol. The van der Waals surface area contributed by atoms with Crippen LogP contribution in [-0.2, 0) is 22.5 Å². The molecule has 32 heavy (non-hydrogen) atoms. The van der Waals surface area contributed by atoms with Crippen LogP contribution in [0, 0.1) is 13.8 Å². The summed E-state index contributed by atoms with van der Waals surface area (Å²) in [5.74, 6) is -1.64. The Morgan fingerprint density at radius 1 is 0.875 bits per heavy atom. The van der Waals surface area contributed by atoms with E-state index in [0.29, 0.717) is 11.1 Å². The first-order chi connectivity index (χ1) is 15.2. The lowest BCUT2D eigenvalue weighted by atomic mass is 9.83. The highest BCUT2D eigenvalue weighted by molar-refractivity contribution is 5.97. The Balaban J connectivity index is 2.13. The molecule has 1 amide bonds. The molecular weight excluding hydrogens is 406 g/mol. The van der Waals surface area contributed by atoms with Crippen molar-refractivity contribution in [2.24, 2.45) is 0 Å². The van der Waals surface area contributed by atoms with E-state index in [4.69, 9.17) is 4.84 Å². The van der Waals surface area contributed by atoms with Gasteiger partial charge in [0.15, 0.2) is 5.54 Å². The maximum absolute atomic E-state index is 13.6. The van der Waals surface area contributed by atoms with E-state index in [1.165, 1.54) is 19.2 Å². The Morgan fingerprint density at radius 3 is 1.91 bits per heavy atom. The Kier molecular flexibility index (Phi) is 6.95. The van der Waals surface area contributed by atoms with Gasteiger partial charge in [-0.25, -0.2) is 4.79 Å². The van der Waals surface area contributed by atoms with E-state index in [9.17, 15) is 19.8 Å². The summed E-state index contributed by atoms with van der Waals surface area (Å²) in [6.45, 7) is 3.76. The van der Waals surface area contributed by atoms with Crippen LogP contribution in [0.5, 0.6) is 5.75 Å². The summed E-state index contributed by atoms with van der Waals surface area (Å²) in [6.07, 6.45) is 0.0241.